The van der Waals surface area contributed by atoms with E-state index < -0.39 is 0 Å². The largest absolute Gasteiger partial charge is 0.443 e. The van der Waals surface area contributed by atoms with Gasteiger partial charge in [0.05, 0.1) is 5.92 Å². The molecule has 0 aliphatic heterocycles. The fourth-order valence-corrected chi connectivity index (χ4v) is 5.14. The Kier molecular flexibility index (Phi) is 6.26. The maximum atomic E-state index is 13.0. The van der Waals surface area contributed by atoms with Gasteiger partial charge in [-0.25, -0.2) is 0 Å². The summed E-state index contributed by atoms with van der Waals surface area (Å²) in [4.78, 5) is 14.0. The molecule has 1 atom stereocenters. The van der Waals surface area contributed by atoms with Crippen molar-refractivity contribution >= 4 is 39.7 Å². The maximum absolute atomic E-state index is 13.0. The van der Waals surface area contributed by atoms with Gasteiger partial charge in [-0.05, 0) is 57.8 Å². The molecule has 0 saturated heterocycles. The highest BCUT2D eigenvalue weighted by atomic mass is 35.5. The van der Waals surface area contributed by atoms with Gasteiger partial charge in [-0.1, -0.05) is 61.8 Å². The van der Waals surface area contributed by atoms with Crippen LogP contribution in [-0.4, -0.2) is 10.5 Å². The van der Waals surface area contributed by atoms with E-state index in [4.69, 9.17) is 16.3 Å². The fraction of sp³-hybridized carbons (Fsp3) is 0.240. The van der Waals surface area contributed by atoms with E-state index in [1.54, 1.807) is 11.3 Å². The van der Waals surface area contributed by atoms with Crippen LogP contribution in [0, 0.1) is 5.92 Å². The van der Waals surface area contributed by atoms with Crippen molar-refractivity contribution in [3.63, 3.8) is 0 Å². The molecule has 154 valence electrons. The smallest absolute Gasteiger partial charge is 0.316 e. The molecule has 0 aliphatic rings. The number of ether oxygens (including phenoxy) is 1. The zero-order valence-electron chi connectivity index (χ0n) is 17.0. The predicted octanol–water partition coefficient (Wildman–Crippen LogP) is 6.89. The molecule has 0 N–H and O–H groups in total. The number of carbonyl (C=O) groups is 1. The lowest BCUT2D eigenvalue weighted by Gasteiger charge is -2.19. The second-order valence-electron chi connectivity index (χ2n) is 7.84. The van der Waals surface area contributed by atoms with Crippen LogP contribution in [0.25, 0.3) is 10.8 Å². The molecule has 1 unspecified atom stereocenters. The normalized spacial score (nSPS) is 12.4. The molecule has 0 amide bonds. The third-order valence-electron chi connectivity index (χ3n) is 5.22. The molecule has 0 spiro atoms. The van der Waals surface area contributed by atoms with E-state index in [0.29, 0.717) is 5.02 Å². The first-order valence-corrected chi connectivity index (χ1v) is 11.3. The summed E-state index contributed by atoms with van der Waals surface area (Å²) in [5, 5.41) is 4.89. The first-order valence-electron chi connectivity index (χ1n) is 10.0. The number of carbonyl (C=O) groups excluding carboxylic acids is 1. The lowest BCUT2D eigenvalue weighted by molar-refractivity contribution is -0.150. The third-order valence-corrected chi connectivity index (χ3v) is 6.55. The van der Waals surface area contributed by atoms with Crippen molar-refractivity contribution in [1.82, 2.24) is 4.57 Å². The van der Waals surface area contributed by atoms with Gasteiger partial charge in [-0.15, -0.1) is 11.3 Å². The summed E-state index contributed by atoms with van der Waals surface area (Å²) in [5.41, 5.74) is 2.45. The van der Waals surface area contributed by atoms with Crippen LogP contribution < -0.4 is 0 Å². The average molecular weight is 438 g/mol. The molecular weight excluding hydrogens is 414 g/mol. The number of benzene rings is 2. The lowest BCUT2D eigenvalue weighted by atomic mass is 9.92. The average Bonchev–Trinajstić information content (AvgIpc) is 3.34. The van der Waals surface area contributed by atoms with Crippen LogP contribution >= 0.6 is 22.9 Å². The van der Waals surface area contributed by atoms with Crippen molar-refractivity contribution in [3.8, 4) is 0 Å². The molecule has 4 rings (SSSR count). The zero-order valence-corrected chi connectivity index (χ0v) is 18.6. The lowest BCUT2D eigenvalue weighted by Crippen LogP contribution is -2.21. The van der Waals surface area contributed by atoms with E-state index in [2.05, 4.69) is 37.4 Å². The second-order valence-corrected chi connectivity index (χ2v) is 9.19. The van der Waals surface area contributed by atoms with E-state index in [0.717, 1.165) is 22.1 Å². The van der Waals surface area contributed by atoms with Gasteiger partial charge in [0.1, 0.15) is 0 Å². The van der Waals surface area contributed by atoms with Crippen LogP contribution in [-0.2, 0) is 22.7 Å². The fourth-order valence-electron chi connectivity index (χ4n) is 3.69. The van der Waals surface area contributed by atoms with Crippen molar-refractivity contribution in [2.45, 2.75) is 32.9 Å². The van der Waals surface area contributed by atoms with Crippen LogP contribution in [0.5, 0.6) is 0 Å². The number of fused-ring (bicyclic) bond motifs is 1. The number of rotatable bonds is 7. The van der Waals surface area contributed by atoms with E-state index in [-0.39, 0.29) is 24.5 Å². The van der Waals surface area contributed by atoms with Gasteiger partial charge >= 0.3 is 5.97 Å². The van der Waals surface area contributed by atoms with Crippen LogP contribution in [0.4, 0.5) is 0 Å². The van der Waals surface area contributed by atoms with Crippen LogP contribution in [0.15, 0.2) is 72.4 Å². The minimum Gasteiger partial charge on any atom is -0.443 e. The monoisotopic (exact) mass is 437 g/mol. The summed E-state index contributed by atoms with van der Waals surface area (Å²) < 4.78 is 7.63. The number of nitrogens with zero attached hydrogens (tertiary/aromatic N) is 1. The topological polar surface area (TPSA) is 31.2 Å². The summed E-state index contributed by atoms with van der Waals surface area (Å²) in [5.74, 6) is -0.394. The molecule has 3 nitrogen and oxygen atoms in total. The minimum atomic E-state index is -0.315. The number of halogens is 1. The van der Waals surface area contributed by atoms with Gasteiger partial charge in [-0.2, -0.15) is 0 Å². The van der Waals surface area contributed by atoms with Crippen molar-refractivity contribution < 1.29 is 9.53 Å². The van der Waals surface area contributed by atoms with Gasteiger partial charge in [0.25, 0.3) is 0 Å². The Morgan fingerprint density at radius 3 is 2.67 bits per heavy atom. The number of hydrogen-bond donors (Lipinski definition) is 0. The first-order chi connectivity index (χ1) is 14.5. The standard InChI is InChI=1S/C25H24ClNO2S/c1-17(2)23(24-22-13-21(26)9-8-20(22)15-30-24)25(28)29-16-27-11-10-19(14-27)12-18-6-4-3-5-7-18/h3-11,13-15,17,23H,12,16H2,1-2H3. The number of hydrogen-bond acceptors (Lipinski definition) is 3. The van der Waals surface area contributed by atoms with Crippen molar-refractivity contribution in [2.24, 2.45) is 5.92 Å². The highest BCUT2D eigenvalue weighted by Gasteiger charge is 2.29. The quantitative estimate of drug-likeness (QED) is 0.295. The highest BCUT2D eigenvalue weighted by Crippen LogP contribution is 2.38. The van der Waals surface area contributed by atoms with E-state index in [1.165, 1.54) is 11.1 Å². The Morgan fingerprint density at radius 2 is 1.90 bits per heavy atom. The predicted molar refractivity (Wildman–Crippen MR) is 124 cm³/mol. The van der Waals surface area contributed by atoms with Crippen molar-refractivity contribution in [1.29, 1.82) is 0 Å². The molecule has 2 aromatic heterocycles. The summed E-state index contributed by atoms with van der Waals surface area (Å²) in [6, 6.07) is 18.2. The molecule has 0 radical (unpaired) electrons. The Morgan fingerprint density at radius 1 is 1.10 bits per heavy atom. The summed E-state index contributed by atoms with van der Waals surface area (Å²) >= 11 is 7.80. The molecule has 2 aromatic carbocycles. The third kappa shape index (κ3) is 4.61. The molecule has 5 heteroatoms. The van der Waals surface area contributed by atoms with Crippen LogP contribution in [0.2, 0.25) is 5.02 Å². The number of thiophene rings is 1. The van der Waals surface area contributed by atoms with Crippen LogP contribution in [0.1, 0.15) is 35.8 Å². The van der Waals surface area contributed by atoms with Gasteiger partial charge in [0.2, 0.25) is 0 Å². The van der Waals surface area contributed by atoms with Gasteiger partial charge < -0.3 is 9.30 Å². The van der Waals surface area contributed by atoms with Crippen molar-refractivity contribution in [2.75, 3.05) is 0 Å². The minimum absolute atomic E-state index is 0.122. The Bertz CT molecular complexity index is 1150. The Labute approximate surface area is 185 Å². The Hall–Kier alpha value is -2.56. The summed E-state index contributed by atoms with van der Waals surface area (Å²) in [6.45, 7) is 4.31. The molecule has 4 aromatic rings. The number of esters is 1. The highest BCUT2D eigenvalue weighted by molar-refractivity contribution is 7.11. The molecular formula is C25H24ClNO2S. The summed E-state index contributed by atoms with van der Waals surface area (Å²) in [7, 11) is 0. The van der Waals surface area contributed by atoms with Crippen molar-refractivity contribution in [3.05, 3.63) is 93.4 Å². The van der Waals surface area contributed by atoms with Gasteiger partial charge in [0.15, 0.2) is 6.73 Å². The SMILES string of the molecule is CC(C)C(C(=O)OCn1ccc(Cc2ccccc2)c1)c1scc2ccc(Cl)cc12. The van der Waals surface area contributed by atoms with E-state index >= 15 is 0 Å². The second kappa shape index (κ2) is 9.07. The molecule has 0 bridgehead atoms. The van der Waals surface area contributed by atoms with E-state index in [9.17, 15) is 4.79 Å². The molecule has 0 aliphatic carbocycles. The summed E-state index contributed by atoms with van der Waals surface area (Å²) in [6.07, 6.45) is 4.85. The maximum Gasteiger partial charge on any atom is 0.316 e. The first kappa shape index (κ1) is 20.7. The molecule has 30 heavy (non-hydrogen) atoms. The van der Waals surface area contributed by atoms with Crippen LogP contribution in [0.3, 0.4) is 0 Å². The Balaban J connectivity index is 1.46. The molecule has 2 heterocycles. The molecule has 0 fully saturated rings. The zero-order chi connectivity index (χ0) is 21.1. The van der Waals surface area contributed by atoms with E-state index in [1.807, 2.05) is 53.4 Å². The van der Waals surface area contributed by atoms with Gasteiger partial charge in [0, 0.05) is 22.3 Å². The van der Waals surface area contributed by atoms with Gasteiger partial charge in [-0.3, -0.25) is 4.79 Å². The number of aromatic nitrogens is 1. The molecule has 0 saturated carbocycles.